The Morgan fingerprint density at radius 3 is 2.19 bits per heavy atom. The number of ketones is 1. The number of hydrogen-bond acceptors (Lipinski definition) is 6. The van der Waals surface area contributed by atoms with E-state index in [1.807, 2.05) is 16.4 Å². The van der Waals surface area contributed by atoms with Gasteiger partial charge in [-0.05, 0) is 61.2 Å². The number of carbonyl (C=O) groups is 2. The molecule has 0 aromatic heterocycles. The van der Waals surface area contributed by atoms with E-state index in [9.17, 15) is 14.7 Å². The van der Waals surface area contributed by atoms with Crippen molar-refractivity contribution in [1.82, 2.24) is 0 Å². The van der Waals surface area contributed by atoms with Crippen LogP contribution in [0.15, 0.2) is 47.4 Å². The first-order valence-electron chi connectivity index (χ1n) is 8.30. The average molecular weight is 390 g/mol. The van der Waals surface area contributed by atoms with Crippen LogP contribution in [-0.4, -0.2) is 34.9 Å². The maximum atomic E-state index is 12.1. The summed E-state index contributed by atoms with van der Waals surface area (Å²) in [6.45, 7) is 6.12. The van der Waals surface area contributed by atoms with E-state index in [1.165, 1.54) is 30.0 Å². The van der Waals surface area contributed by atoms with Gasteiger partial charge in [-0.2, -0.15) is 0 Å². The lowest BCUT2D eigenvalue weighted by Gasteiger charge is -2.23. The van der Waals surface area contributed by atoms with Crippen LogP contribution < -0.4 is 4.31 Å². The smallest absolute Gasteiger partial charge is 0.186 e. The number of carbonyl (C=O) groups excluding carboxylic acids is 2. The molecule has 138 valence electrons. The summed E-state index contributed by atoms with van der Waals surface area (Å²) in [5, 5.41) is 9.35. The minimum Gasteiger partial charge on any atom is -0.394 e. The Balaban J connectivity index is 2.11. The fourth-order valence-corrected chi connectivity index (χ4v) is 3.89. The second kappa shape index (κ2) is 9.80. The van der Waals surface area contributed by atoms with Gasteiger partial charge in [-0.3, -0.25) is 9.59 Å². The van der Waals surface area contributed by atoms with Gasteiger partial charge in [-0.1, -0.05) is 30.0 Å². The molecule has 0 unspecified atom stereocenters. The van der Waals surface area contributed by atoms with Gasteiger partial charge < -0.3 is 9.41 Å². The van der Waals surface area contributed by atoms with E-state index in [0.717, 1.165) is 22.3 Å². The molecule has 0 heterocycles. The van der Waals surface area contributed by atoms with Crippen molar-refractivity contribution in [2.75, 3.05) is 23.2 Å². The number of thioether (sulfide) groups is 1. The van der Waals surface area contributed by atoms with Crippen molar-refractivity contribution in [3.8, 4) is 0 Å². The molecule has 0 aliphatic rings. The van der Waals surface area contributed by atoms with Crippen LogP contribution in [0.5, 0.6) is 0 Å². The van der Waals surface area contributed by atoms with Crippen LogP contribution in [0.2, 0.25) is 0 Å². The monoisotopic (exact) mass is 389 g/mol. The third-order valence-electron chi connectivity index (χ3n) is 3.60. The predicted octanol–water partition coefficient (Wildman–Crippen LogP) is 4.27. The van der Waals surface area contributed by atoms with Gasteiger partial charge in [0.15, 0.2) is 10.9 Å². The van der Waals surface area contributed by atoms with Gasteiger partial charge in [0.2, 0.25) is 0 Å². The normalized spacial score (nSPS) is 10.6. The van der Waals surface area contributed by atoms with Crippen LogP contribution in [-0.2, 0) is 4.79 Å². The molecule has 2 rings (SSSR count). The highest BCUT2D eigenvalue weighted by Crippen LogP contribution is 2.30. The zero-order chi connectivity index (χ0) is 19.1. The van der Waals surface area contributed by atoms with Gasteiger partial charge in [0.05, 0.1) is 18.9 Å². The zero-order valence-corrected chi connectivity index (χ0v) is 16.8. The maximum absolute atomic E-state index is 12.1. The summed E-state index contributed by atoms with van der Waals surface area (Å²) in [7, 11) is 0. The van der Waals surface area contributed by atoms with Crippen molar-refractivity contribution in [2.45, 2.75) is 25.7 Å². The van der Waals surface area contributed by atoms with Gasteiger partial charge in [0.25, 0.3) is 0 Å². The highest BCUT2D eigenvalue weighted by Gasteiger charge is 2.11. The molecule has 1 N–H and O–H groups in total. The second-order valence-corrected chi connectivity index (χ2v) is 8.24. The average Bonchev–Trinajstić information content (AvgIpc) is 2.59. The molecule has 2 aromatic rings. The lowest BCUT2D eigenvalue weighted by molar-refractivity contribution is -0.109. The van der Waals surface area contributed by atoms with Crippen molar-refractivity contribution >= 4 is 40.3 Å². The molecule has 0 saturated carbocycles. The summed E-state index contributed by atoms with van der Waals surface area (Å²) in [5.41, 5.74) is 3.99. The van der Waals surface area contributed by atoms with Crippen molar-refractivity contribution in [2.24, 2.45) is 0 Å². The van der Waals surface area contributed by atoms with E-state index < -0.39 is 0 Å². The van der Waals surface area contributed by atoms with E-state index in [1.54, 1.807) is 12.1 Å². The third kappa shape index (κ3) is 6.20. The lowest BCUT2D eigenvalue weighted by Crippen LogP contribution is -2.19. The lowest BCUT2D eigenvalue weighted by atomic mass is 10.1. The standard InChI is InChI=1S/C20H23NO3S2/c1-14-10-15(2)12-18(11-14)21(8-9-22)26-19-6-4-17(5-7-19)20(24)13-25-16(3)23/h4-7,10-12,22H,8-9,13H2,1-3H3. The molecular formula is C20H23NO3S2. The van der Waals surface area contributed by atoms with Gasteiger partial charge in [0, 0.05) is 23.1 Å². The van der Waals surface area contributed by atoms with E-state index in [4.69, 9.17) is 0 Å². The summed E-state index contributed by atoms with van der Waals surface area (Å²) in [6.07, 6.45) is 0. The number of benzene rings is 2. The Kier molecular flexibility index (Phi) is 7.75. The molecule has 4 nitrogen and oxygen atoms in total. The number of aryl methyl sites for hydroxylation is 2. The predicted molar refractivity (Wildman–Crippen MR) is 110 cm³/mol. The van der Waals surface area contributed by atoms with E-state index in [0.29, 0.717) is 12.1 Å². The fraction of sp³-hybridized carbons (Fsp3) is 0.300. The van der Waals surface area contributed by atoms with Gasteiger partial charge in [-0.25, -0.2) is 0 Å². The summed E-state index contributed by atoms with van der Waals surface area (Å²) in [4.78, 5) is 24.0. The highest BCUT2D eigenvalue weighted by atomic mass is 32.2. The number of hydrogen-bond donors (Lipinski definition) is 1. The first-order chi connectivity index (χ1) is 12.4. The van der Waals surface area contributed by atoms with Crippen molar-refractivity contribution in [3.05, 3.63) is 59.2 Å². The number of Topliss-reactive ketones (excluding diaryl/α,β-unsaturated/α-hetero) is 1. The largest absolute Gasteiger partial charge is 0.394 e. The molecule has 0 radical (unpaired) electrons. The van der Waals surface area contributed by atoms with Crippen LogP contribution >= 0.6 is 23.7 Å². The van der Waals surface area contributed by atoms with E-state index in [-0.39, 0.29) is 23.3 Å². The summed E-state index contributed by atoms with van der Waals surface area (Å²) < 4.78 is 2.04. The molecule has 0 spiro atoms. The van der Waals surface area contributed by atoms with Crippen LogP contribution in [0.3, 0.4) is 0 Å². The number of nitrogens with zero attached hydrogens (tertiary/aromatic N) is 1. The second-order valence-electron chi connectivity index (χ2n) is 5.99. The summed E-state index contributed by atoms with van der Waals surface area (Å²) in [6, 6.07) is 13.6. The topological polar surface area (TPSA) is 57.6 Å². The molecule has 0 fully saturated rings. The molecular weight excluding hydrogens is 366 g/mol. The third-order valence-corrected chi connectivity index (χ3v) is 5.51. The number of aliphatic hydroxyl groups is 1. The van der Waals surface area contributed by atoms with Gasteiger partial charge >= 0.3 is 0 Å². The Bertz CT molecular complexity index is 755. The molecule has 0 aliphatic carbocycles. The fourth-order valence-electron chi connectivity index (χ4n) is 2.49. The Morgan fingerprint density at radius 2 is 1.65 bits per heavy atom. The van der Waals surface area contributed by atoms with Gasteiger partial charge in [0.1, 0.15) is 0 Å². The highest BCUT2D eigenvalue weighted by molar-refractivity contribution is 8.14. The van der Waals surface area contributed by atoms with Crippen LogP contribution in [0.1, 0.15) is 28.4 Å². The molecule has 0 saturated heterocycles. The van der Waals surface area contributed by atoms with E-state index in [2.05, 4.69) is 32.0 Å². The molecule has 0 amide bonds. The van der Waals surface area contributed by atoms with Crippen molar-refractivity contribution in [1.29, 1.82) is 0 Å². The number of rotatable bonds is 8. The number of anilines is 1. The maximum Gasteiger partial charge on any atom is 0.186 e. The van der Waals surface area contributed by atoms with Crippen LogP contribution in [0, 0.1) is 13.8 Å². The van der Waals surface area contributed by atoms with Crippen molar-refractivity contribution < 1.29 is 14.7 Å². The molecule has 0 bridgehead atoms. The quantitative estimate of drug-likeness (QED) is 0.537. The Labute approximate surface area is 163 Å². The van der Waals surface area contributed by atoms with Crippen LogP contribution in [0.4, 0.5) is 5.69 Å². The molecule has 6 heteroatoms. The van der Waals surface area contributed by atoms with E-state index >= 15 is 0 Å². The van der Waals surface area contributed by atoms with Crippen LogP contribution in [0.25, 0.3) is 0 Å². The molecule has 2 aromatic carbocycles. The first kappa shape index (κ1) is 20.6. The van der Waals surface area contributed by atoms with Gasteiger partial charge in [-0.15, -0.1) is 0 Å². The summed E-state index contributed by atoms with van der Waals surface area (Å²) >= 11 is 2.55. The SMILES string of the molecule is CC(=O)SCC(=O)c1ccc(SN(CCO)c2cc(C)cc(C)c2)cc1. The number of aliphatic hydroxyl groups excluding tert-OH is 1. The Hall–Kier alpha value is -1.76. The molecule has 0 aliphatic heterocycles. The molecule has 26 heavy (non-hydrogen) atoms. The molecule has 0 atom stereocenters. The minimum absolute atomic E-state index is 0.0525. The van der Waals surface area contributed by atoms with Crippen molar-refractivity contribution in [3.63, 3.8) is 0 Å². The Morgan fingerprint density at radius 1 is 1.04 bits per heavy atom. The summed E-state index contributed by atoms with van der Waals surface area (Å²) in [5.74, 6) is 0.115. The minimum atomic E-state index is -0.0568. The zero-order valence-electron chi connectivity index (χ0n) is 15.2. The first-order valence-corrected chi connectivity index (χ1v) is 10.1.